The minimum atomic E-state index is -0.615. The average molecular weight is 311 g/mol. The van der Waals surface area contributed by atoms with Crippen LogP contribution >= 0.6 is 0 Å². The molecule has 2 rings (SSSR count). The van der Waals surface area contributed by atoms with Crippen LogP contribution < -0.4 is 5.32 Å². The third kappa shape index (κ3) is 4.53. The number of nitrogens with one attached hydrogen (secondary N) is 1. The van der Waals surface area contributed by atoms with Gasteiger partial charge in [0, 0.05) is 26.1 Å². The molecule has 1 amide bonds. The summed E-state index contributed by atoms with van der Waals surface area (Å²) in [5.41, 5.74) is -1.16. The highest BCUT2D eigenvalue weighted by Gasteiger charge is 2.41. The molecule has 0 aromatic carbocycles. The maximum Gasteiger partial charge on any atom is 0.308 e. The van der Waals surface area contributed by atoms with E-state index in [4.69, 9.17) is 9.47 Å². The van der Waals surface area contributed by atoms with Gasteiger partial charge in [0.1, 0.15) is 11.4 Å². The number of ketones is 1. The SMILES string of the molecule is CC(C)(C)OC(=O)CC1(NC(=O)C2CC(=O)C2)CCOCC1. The minimum absolute atomic E-state index is 0.119. The molecule has 0 unspecified atom stereocenters. The zero-order chi connectivity index (χ0) is 16.4. The molecule has 1 saturated heterocycles. The smallest absolute Gasteiger partial charge is 0.308 e. The lowest BCUT2D eigenvalue weighted by Crippen LogP contribution is -2.56. The molecule has 124 valence electrons. The van der Waals surface area contributed by atoms with E-state index in [-0.39, 0.29) is 30.0 Å². The normalized spacial score (nSPS) is 21.9. The zero-order valence-corrected chi connectivity index (χ0v) is 13.6. The summed E-state index contributed by atoms with van der Waals surface area (Å²) in [5, 5.41) is 3.00. The fourth-order valence-electron chi connectivity index (χ4n) is 2.80. The molecule has 0 radical (unpaired) electrons. The van der Waals surface area contributed by atoms with Crippen LogP contribution in [0, 0.1) is 5.92 Å². The average Bonchev–Trinajstić information content (AvgIpc) is 2.33. The van der Waals surface area contributed by atoms with E-state index in [2.05, 4.69) is 5.32 Å². The highest BCUT2D eigenvalue weighted by molar-refractivity contribution is 5.96. The van der Waals surface area contributed by atoms with E-state index in [9.17, 15) is 14.4 Å². The second-order valence-corrected chi connectivity index (χ2v) is 7.29. The lowest BCUT2D eigenvalue weighted by molar-refractivity contribution is -0.158. The Bertz CT molecular complexity index is 452. The summed E-state index contributed by atoms with van der Waals surface area (Å²) in [6, 6.07) is 0. The van der Waals surface area contributed by atoms with Crippen LogP contribution in [0.2, 0.25) is 0 Å². The largest absolute Gasteiger partial charge is 0.460 e. The molecule has 0 atom stereocenters. The van der Waals surface area contributed by atoms with E-state index in [1.807, 2.05) is 20.8 Å². The van der Waals surface area contributed by atoms with Gasteiger partial charge in [-0.05, 0) is 33.6 Å². The summed E-state index contributed by atoms with van der Waals surface area (Å²) in [6.45, 7) is 6.47. The topological polar surface area (TPSA) is 81.7 Å². The van der Waals surface area contributed by atoms with Gasteiger partial charge in [0.2, 0.25) is 5.91 Å². The Balaban J connectivity index is 1.99. The molecule has 2 aliphatic rings. The predicted octanol–water partition coefficient (Wildman–Crippen LogP) is 1.36. The van der Waals surface area contributed by atoms with Crippen LogP contribution in [0.3, 0.4) is 0 Å². The Hall–Kier alpha value is -1.43. The van der Waals surface area contributed by atoms with E-state index >= 15 is 0 Å². The van der Waals surface area contributed by atoms with E-state index in [0.717, 1.165) is 0 Å². The van der Waals surface area contributed by atoms with Crippen LogP contribution in [-0.4, -0.2) is 42.0 Å². The molecule has 0 bridgehead atoms. The fraction of sp³-hybridized carbons (Fsp3) is 0.812. The van der Waals surface area contributed by atoms with Crippen LogP contribution in [0.5, 0.6) is 0 Å². The molecule has 0 spiro atoms. The summed E-state index contributed by atoms with van der Waals surface area (Å²) >= 11 is 0. The van der Waals surface area contributed by atoms with E-state index in [1.165, 1.54) is 0 Å². The van der Waals surface area contributed by atoms with Gasteiger partial charge in [-0.15, -0.1) is 0 Å². The summed E-state index contributed by atoms with van der Waals surface area (Å²) < 4.78 is 10.7. The summed E-state index contributed by atoms with van der Waals surface area (Å²) in [7, 11) is 0. The Morgan fingerprint density at radius 1 is 1.27 bits per heavy atom. The van der Waals surface area contributed by atoms with Gasteiger partial charge in [-0.2, -0.15) is 0 Å². The first-order valence-corrected chi connectivity index (χ1v) is 7.82. The van der Waals surface area contributed by atoms with Crippen LogP contribution in [0.4, 0.5) is 0 Å². The number of amides is 1. The van der Waals surface area contributed by atoms with Crippen molar-refractivity contribution < 1.29 is 23.9 Å². The summed E-state index contributed by atoms with van der Waals surface area (Å²) in [6.07, 6.45) is 1.92. The van der Waals surface area contributed by atoms with Crippen LogP contribution in [0.25, 0.3) is 0 Å². The minimum Gasteiger partial charge on any atom is -0.460 e. The number of carbonyl (C=O) groups excluding carboxylic acids is 3. The molecule has 2 fully saturated rings. The first-order valence-electron chi connectivity index (χ1n) is 7.82. The van der Waals surface area contributed by atoms with Gasteiger partial charge in [0.25, 0.3) is 0 Å². The fourth-order valence-corrected chi connectivity index (χ4v) is 2.80. The second-order valence-electron chi connectivity index (χ2n) is 7.29. The number of Topliss-reactive ketones (excluding diaryl/α,β-unsaturated/α-hetero) is 1. The maximum atomic E-state index is 12.3. The zero-order valence-electron chi connectivity index (χ0n) is 13.6. The van der Waals surface area contributed by atoms with Crippen molar-refractivity contribution in [3.8, 4) is 0 Å². The number of hydrogen-bond acceptors (Lipinski definition) is 5. The number of rotatable bonds is 4. The monoisotopic (exact) mass is 311 g/mol. The van der Waals surface area contributed by atoms with Crippen LogP contribution in [-0.2, 0) is 23.9 Å². The molecular weight excluding hydrogens is 286 g/mol. The third-order valence-corrected chi connectivity index (χ3v) is 4.06. The van der Waals surface area contributed by atoms with Gasteiger partial charge in [0.15, 0.2) is 0 Å². The lowest BCUT2D eigenvalue weighted by Gasteiger charge is -2.39. The van der Waals surface area contributed by atoms with Crippen molar-refractivity contribution in [2.75, 3.05) is 13.2 Å². The molecule has 0 aromatic rings. The highest BCUT2D eigenvalue weighted by atomic mass is 16.6. The second kappa shape index (κ2) is 6.36. The number of carbonyl (C=O) groups is 3. The Morgan fingerprint density at radius 2 is 1.86 bits per heavy atom. The van der Waals surface area contributed by atoms with Crippen molar-refractivity contribution >= 4 is 17.7 Å². The molecule has 1 heterocycles. The van der Waals surface area contributed by atoms with Crippen molar-refractivity contribution in [3.63, 3.8) is 0 Å². The van der Waals surface area contributed by atoms with Crippen molar-refractivity contribution in [1.82, 2.24) is 5.32 Å². The molecular formula is C16H25NO5. The maximum absolute atomic E-state index is 12.3. The molecule has 1 aliphatic carbocycles. The number of hydrogen-bond donors (Lipinski definition) is 1. The number of ether oxygens (including phenoxy) is 2. The lowest BCUT2D eigenvalue weighted by atomic mass is 9.80. The Morgan fingerprint density at radius 3 is 2.36 bits per heavy atom. The van der Waals surface area contributed by atoms with Gasteiger partial charge < -0.3 is 14.8 Å². The summed E-state index contributed by atoms with van der Waals surface area (Å²) in [4.78, 5) is 35.5. The Labute approximate surface area is 130 Å². The van der Waals surface area contributed by atoms with E-state index in [1.54, 1.807) is 0 Å². The van der Waals surface area contributed by atoms with Gasteiger partial charge in [-0.1, -0.05) is 0 Å². The van der Waals surface area contributed by atoms with E-state index in [0.29, 0.717) is 38.9 Å². The molecule has 6 heteroatoms. The summed E-state index contributed by atoms with van der Waals surface area (Å²) in [5.74, 6) is -0.580. The van der Waals surface area contributed by atoms with Gasteiger partial charge in [0.05, 0.1) is 17.9 Å². The predicted molar refractivity (Wildman–Crippen MR) is 79.1 cm³/mol. The van der Waals surface area contributed by atoms with Crippen molar-refractivity contribution in [3.05, 3.63) is 0 Å². The quantitative estimate of drug-likeness (QED) is 0.793. The van der Waals surface area contributed by atoms with Crippen LogP contribution in [0.15, 0.2) is 0 Å². The van der Waals surface area contributed by atoms with Crippen molar-refractivity contribution in [2.24, 2.45) is 5.92 Å². The van der Waals surface area contributed by atoms with Gasteiger partial charge >= 0.3 is 5.97 Å². The first kappa shape index (κ1) is 16.9. The van der Waals surface area contributed by atoms with Gasteiger partial charge in [-0.3, -0.25) is 14.4 Å². The third-order valence-electron chi connectivity index (χ3n) is 4.06. The highest BCUT2D eigenvalue weighted by Crippen LogP contribution is 2.29. The Kier molecular flexibility index (Phi) is 4.90. The standard InChI is InChI=1S/C16H25NO5/c1-15(2,3)22-13(19)10-16(4-6-21-7-5-16)17-14(20)11-8-12(18)9-11/h11H,4-10H2,1-3H3,(H,17,20). The van der Waals surface area contributed by atoms with Gasteiger partial charge in [-0.25, -0.2) is 0 Å². The molecule has 6 nitrogen and oxygen atoms in total. The molecule has 1 saturated carbocycles. The molecule has 22 heavy (non-hydrogen) atoms. The molecule has 0 aromatic heterocycles. The van der Waals surface area contributed by atoms with Crippen molar-refractivity contribution in [2.45, 2.75) is 64.0 Å². The van der Waals surface area contributed by atoms with E-state index < -0.39 is 11.1 Å². The van der Waals surface area contributed by atoms with Crippen molar-refractivity contribution in [1.29, 1.82) is 0 Å². The molecule has 1 aliphatic heterocycles. The van der Waals surface area contributed by atoms with Crippen LogP contribution in [0.1, 0.15) is 52.9 Å². The first-order chi connectivity index (χ1) is 10.2. The number of esters is 1. The molecule has 1 N–H and O–H groups in total.